The van der Waals surface area contributed by atoms with Crippen molar-refractivity contribution < 1.29 is 24.2 Å². The molecule has 0 aliphatic rings. The summed E-state index contributed by atoms with van der Waals surface area (Å²) >= 11 is 0. The quantitative estimate of drug-likeness (QED) is 0.175. The molecule has 1 N–H and O–H groups in total. The zero-order valence-electron chi connectivity index (χ0n) is 17.5. The molecule has 0 unspecified atom stereocenters. The van der Waals surface area contributed by atoms with Crippen molar-refractivity contribution >= 4 is 17.3 Å². The Bertz CT molecular complexity index is 931. The van der Waals surface area contributed by atoms with Crippen LogP contribution in [0.15, 0.2) is 47.8 Å². The zero-order chi connectivity index (χ0) is 21.4. The van der Waals surface area contributed by atoms with Crippen LogP contribution >= 0.6 is 0 Å². The molecule has 0 atom stereocenters. The van der Waals surface area contributed by atoms with Crippen molar-refractivity contribution in [2.45, 2.75) is 33.8 Å². The van der Waals surface area contributed by atoms with Gasteiger partial charge in [-0.2, -0.15) is 0 Å². The second-order valence-electron chi connectivity index (χ2n) is 6.54. The smallest absolute Gasteiger partial charge is 0.341 e. The van der Waals surface area contributed by atoms with Gasteiger partial charge in [-0.3, -0.25) is 0 Å². The normalized spacial score (nSPS) is 11.9. The van der Waals surface area contributed by atoms with Crippen molar-refractivity contribution in [1.82, 2.24) is 0 Å². The van der Waals surface area contributed by atoms with Crippen LogP contribution in [0.1, 0.15) is 41.2 Å². The van der Waals surface area contributed by atoms with Gasteiger partial charge in [0.1, 0.15) is 17.9 Å². The predicted molar refractivity (Wildman–Crippen MR) is 112 cm³/mol. The van der Waals surface area contributed by atoms with Gasteiger partial charge in [0, 0.05) is 5.56 Å². The van der Waals surface area contributed by atoms with E-state index in [2.05, 4.69) is 5.16 Å². The Labute approximate surface area is 171 Å². The number of carbonyl (C=O) groups excluding carboxylic acids is 1. The third kappa shape index (κ3) is 5.16. The first-order valence-corrected chi connectivity index (χ1v) is 9.31. The third-order valence-electron chi connectivity index (χ3n) is 4.62. The van der Waals surface area contributed by atoms with Crippen LogP contribution in [0.25, 0.3) is 5.57 Å². The number of aryl methyl sites for hydroxylation is 2. The molecule has 2 aromatic rings. The van der Waals surface area contributed by atoms with Crippen LogP contribution in [-0.2, 0) is 20.9 Å². The van der Waals surface area contributed by atoms with Crippen LogP contribution in [0.5, 0.6) is 5.75 Å². The Hall–Kier alpha value is -3.28. The van der Waals surface area contributed by atoms with Crippen LogP contribution in [0.3, 0.4) is 0 Å². The summed E-state index contributed by atoms with van der Waals surface area (Å²) in [5.74, 6) is 0.246. The Morgan fingerprint density at radius 1 is 1.10 bits per heavy atom. The minimum absolute atomic E-state index is 0.266. The van der Waals surface area contributed by atoms with Crippen LogP contribution in [0, 0.1) is 13.8 Å². The summed E-state index contributed by atoms with van der Waals surface area (Å²) in [6.07, 6.45) is 2.00. The highest BCUT2D eigenvalue weighted by Crippen LogP contribution is 2.27. The average Bonchev–Trinajstić information content (AvgIpc) is 2.73. The highest BCUT2D eigenvalue weighted by atomic mass is 16.5. The minimum atomic E-state index is -0.480. The van der Waals surface area contributed by atoms with E-state index in [-0.39, 0.29) is 6.61 Å². The largest absolute Gasteiger partial charge is 0.503 e. The molecule has 0 heterocycles. The maximum absolute atomic E-state index is 12.1. The summed E-state index contributed by atoms with van der Waals surface area (Å²) in [5.41, 5.74) is 5.26. The molecule has 2 aromatic carbocycles. The molecule has 6 heteroatoms. The summed E-state index contributed by atoms with van der Waals surface area (Å²) < 4.78 is 16.0. The van der Waals surface area contributed by atoms with Crippen molar-refractivity contribution in [1.29, 1.82) is 0 Å². The van der Waals surface area contributed by atoms with Gasteiger partial charge >= 0.3 is 5.97 Å². The molecule has 0 aromatic heterocycles. The van der Waals surface area contributed by atoms with E-state index in [9.17, 15) is 10.0 Å². The number of benzene rings is 2. The number of hydrogen-bond acceptors (Lipinski definition) is 6. The van der Waals surface area contributed by atoms with Gasteiger partial charge in [-0.1, -0.05) is 36.3 Å². The lowest BCUT2D eigenvalue weighted by molar-refractivity contribution is -0.133. The monoisotopic (exact) mass is 397 g/mol. The lowest BCUT2D eigenvalue weighted by Crippen LogP contribution is -2.09. The summed E-state index contributed by atoms with van der Waals surface area (Å²) in [5, 5.41) is 12.6. The molecule has 0 saturated heterocycles. The molecule has 0 fully saturated rings. The molecule has 0 aliphatic carbocycles. The summed E-state index contributed by atoms with van der Waals surface area (Å²) in [7, 11) is 2.81. The van der Waals surface area contributed by atoms with Crippen molar-refractivity contribution in [3.8, 4) is 5.75 Å². The van der Waals surface area contributed by atoms with Crippen molar-refractivity contribution in [3.05, 3.63) is 70.5 Å². The molecule has 0 bridgehead atoms. The molecule has 0 radical (unpaired) electrons. The molecule has 2 rings (SSSR count). The predicted octanol–water partition coefficient (Wildman–Crippen LogP) is 4.63. The highest BCUT2D eigenvalue weighted by Gasteiger charge is 2.17. The fourth-order valence-corrected chi connectivity index (χ4v) is 3.08. The van der Waals surface area contributed by atoms with Crippen LogP contribution in [0.4, 0.5) is 0 Å². The number of hydrogen-bond donors (Lipinski definition) is 1. The highest BCUT2D eigenvalue weighted by molar-refractivity contribution is 6.16. The molecule has 0 spiro atoms. The lowest BCUT2D eigenvalue weighted by Gasteiger charge is -2.16. The SMILES string of the molecule is CC/C(=N\O)c1cc(C)c(OCc2ccccc2/C(=C/OC)C(=O)OC)cc1C. The minimum Gasteiger partial charge on any atom is -0.503 e. The number of carbonyl (C=O) groups is 1. The second kappa shape index (κ2) is 10.3. The third-order valence-corrected chi connectivity index (χ3v) is 4.62. The van der Waals surface area contributed by atoms with Gasteiger partial charge in [0.15, 0.2) is 0 Å². The Kier molecular flexibility index (Phi) is 7.83. The molecule has 0 aliphatic heterocycles. The van der Waals surface area contributed by atoms with Gasteiger partial charge in [-0.05, 0) is 54.7 Å². The molecule has 154 valence electrons. The van der Waals surface area contributed by atoms with Crippen molar-refractivity contribution in [2.24, 2.45) is 5.16 Å². The fraction of sp³-hybridized carbons (Fsp3) is 0.304. The molecular weight excluding hydrogens is 370 g/mol. The first-order valence-electron chi connectivity index (χ1n) is 9.31. The van der Waals surface area contributed by atoms with Gasteiger partial charge in [0.25, 0.3) is 0 Å². The van der Waals surface area contributed by atoms with E-state index in [0.717, 1.165) is 28.0 Å². The first kappa shape index (κ1) is 22.0. The van der Waals surface area contributed by atoms with E-state index in [1.54, 1.807) is 0 Å². The van der Waals surface area contributed by atoms with E-state index in [1.807, 2.05) is 57.2 Å². The number of oxime groups is 1. The Balaban J connectivity index is 2.33. The van der Waals surface area contributed by atoms with Crippen LogP contribution in [0.2, 0.25) is 0 Å². The lowest BCUT2D eigenvalue weighted by atomic mass is 9.99. The van der Waals surface area contributed by atoms with Gasteiger partial charge in [0.05, 0.1) is 26.2 Å². The first-order chi connectivity index (χ1) is 14.0. The van der Waals surface area contributed by atoms with Gasteiger partial charge in [-0.25, -0.2) is 4.79 Å². The van der Waals surface area contributed by atoms with Crippen molar-refractivity contribution in [3.63, 3.8) is 0 Å². The Morgan fingerprint density at radius 3 is 2.45 bits per heavy atom. The second-order valence-corrected chi connectivity index (χ2v) is 6.54. The topological polar surface area (TPSA) is 77.4 Å². The molecule has 0 amide bonds. The Morgan fingerprint density at radius 2 is 1.83 bits per heavy atom. The van der Waals surface area contributed by atoms with Crippen LogP contribution in [-0.4, -0.2) is 31.1 Å². The number of rotatable bonds is 8. The van der Waals surface area contributed by atoms with E-state index >= 15 is 0 Å². The van der Waals surface area contributed by atoms with Crippen molar-refractivity contribution in [2.75, 3.05) is 14.2 Å². The standard InChI is InChI=1S/C23H27NO5/c1-6-21(24-26)19-11-16(3)22(12-15(19)2)29-13-17-9-7-8-10-18(17)20(14-27-4)23(25)28-5/h7-12,14,26H,6,13H2,1-5H3/b20-14-,24-21+. The summed E-state index contributed by atoms with van der Waals surface area (Å²) in [6, 6.07) is 11.3. The van der Waals surface area contributed by atoms with E-state index < -0.39 is 5.97 Å². The summed E-state index contributed by atoms with van der Waals surface area (Å²) in [6.45, 7) is 6.10. The van der Waals surface area contributed by atoms with Gasteiger partial charge in [-0.15, -0.1) is 0 Å². The molecule has 0 saturated carbocycles. The van der Waals surface area contributed by atoms with Gasteiger partial charge < -0.3 is 19.4 Å². The summed E-state index contributed by atoms with van der Waals surface area (Å²) in [4.78, 5) is 12.1. The number of ether oxygens (including phenoxy) is 3. The molecular formula is C23H27NO5. The molecule has 29 heavy (non-hydrogen) atoms. The van der Waals surface area contributed by atoms with Gasteiger partial charge in [0.2, 0.25) is 0 Å². The maximum Gasteiger partial charge on any atom is 0.341 e. The van der Waals surface area contributed by atoms with E-state index in [1.165, 1.54) is 20.5 Å². The fourth-order valence-electron chi connectivity index (χ4n) is 3.08. The van der Waals surface area contributed by atoms with E-state index in [0.29, 0.717) is 23.3 Å². The van der Waals surface area contributed by atoms with E-state index in [4.69, 9.17) is 14.2 Å². The average molecular weight is 397 g/mol. The number of nitrogens with zero attached hydrogens (tertiary/aromatic N) is 1. The zero-order valence-corrected chi connectivity index (χ0v) is 17.5. The molecule has 6 nitrogen and oxygen atoms in total. The van der Waals surface area contributed by atoms with Crippen LogP contribution < -0.4 is 4.74 Å². The maximum atomic E-state index is 12.1. The number of esters is 1. The number of methoxy groups -OCH3 is 2.